The van der Waals surface area contributed by atoms with E-state index in [9.17, 15) is 0 Å². The van der Waals surface area contributed by atoms with E-state index >= 15 is 0 Å². The van der Waals surface area contributed by atoms with Crippen molar-refractivity contribution in [2.24, 2.45) is 0 Å². The largest absolute Gasteiger partial charge is 0.370 e. The minimum absolute atomic E-state index is 0.115. The summed E-state index contributed by atoms with van der Waals surface area (Å²) in [6, 6.07) is 0. The molecule has 1 aliphatic heterocycles. The SMILES string of the molecule is C=C.CCOC1CCCOC1(OCC)OCC. The van der Waals surface area contributed by atoms with E-state index in [4.69, 9.17) is 18.9 Å². The second kappa shape index (κ2) is 9.59. The Morgan fingerprint density at radius 3 is 2.18 bits per heavy atom. The zero-order valence-corrected chi connectivity index (χ0v) is 11.4. The Morgan fingerprint density at radius 2 is 1.71 bits per heavy atom. The summed E-state index contributed by atoms with van der Waals surface area (Å²) in [5.74, 6) is -0.974. The third-order valence-electron chi connectivity index (χ3n) is 2.37. The van der Waals surface area contributed by atoms with Crippen LogP contribution in [0, 0.1) is 0 Å². The molecule has 0 spiro atoms. The maximum absolute atomic E-state index is 5.64. The van der Waals surface area contributed by atoms with Crippen molar-refractivity contribution in [3.63, 3.8) is 0 Å². The molecule has 0 aromatic rings. The Hall–Kier alpha value is -0.420. The van der Waals surface area contributed by atoms with Gasteiger partial charge >= 0.3 is 5.97 Å². The zero-order chi connectivity index (χ0) is 13.1. The lowest BCUT2D eigenvalue weighted by atomic mass is 10.1. The molecule has 1 fully saturated rings. The monoisotopic (exact) mass is 246 g/mol. The first-order chi connectivity index (χ1) is 8.29. The van der Waals surface area contributed by atoms with E-state index in [1.807, 2.05) is 20.8 Å². The molecule has 1 rings (SSSR count). The standard InChI is InChI=1S/C11H22O4.C2H4/c1-4-12-10-8-7-9-15-11(10,13-5-2)14-6-3;1-2/h10H,4-9H2,1-3H3;1-2H2. The van der Waals surface area contributed by atoms with Crippen molar-refractivity contribution in [2.45, 2.75) is 45.7 Å². The molecule has 0 aromatic carbocycles. The molecule has 0 radical (unpaired) electrons. The quantitative estimate of drug-likeness (QED) is 0.533. The molecule has 4 heteroatoms. The Labute approximate surface area is 105 Å². The number of hydrogen-bond donors (Lipinski definition) is 0. The molecular formula is C13H26O4. The molecule has 1 aliphatic rings. The highest BCUT2D eigenvalue weighted by Gasteiger charge is 2.45. The Balaban J connectivity index is 0.00000121. The van der Waals surface area contributed by atoms with Crippen molar-refractivity contribution in [3.05, 3.63) is 13.2 Å². The lowest BCUT2D eigenvalue weighted by Gasteiger charge is -2.41. The predicted octanol–water partition coefficient (Wildman–Crippen LogP) is 2.73. The van der Waals surface area contributed by atoms with Gasteiger partial charge in [0.1, 0.15) is 6.10 Å². The van der Waals surface area contributed by atoms with Gasteiger partial charge in [-0.25, -0.2) is 0 Å². The molecule has 0 saturated carbocycles. The van der Waals surface area contributed by atoms with Crippen LogP contribution in [-0.2, 0) is 18.9 Å². The van der Waals surface area contributed by atoms with E-state index in [-0.39, 0.29) is 6.10 Å². The minimum atomic E-state index is -0.974. The Bertz CT molecular complexity index is 171. The molecule has 1 unspecified atom stereocenters. The average Bonchev–Trinajstić information content (AvgIpc) is 2.36. The third-order valence-corrected chi connectivity index (χ3v) is 2.37. The van der Waals surface area contributed by atoms with E-state index in [2.05, 4.69) is 13.2 Å². The fraction of sp³-hybridized carbons (Fsp3) is 0.846. The highest BCUT2D eigenvalue weighted by Crippen LogP contribution is 2.30. The van der Waals surface area contributed by atoms with Gasteiger partial charge < -0.3 is 18.9 Å². The summed E-state index contributed by atoms with van der Waals surface area (Å²) in [5.41, 5.74) is 0. The van der Waals surface area contributed by atoms with Gasteiger partial charge in [-0.2, -0.15) is 0 Å². The fourth-order valence-corrected chi connectivity index (χ4v) is 1.85. The normalized spacial score (nSPS) is 22.6. The van der Waals surface area contributed by atoms with E-state index in [1.54, 1.807) is 0 Å². The molecule has 102 valence electrons. The summed E-state index contributed by atoms with van der Waals surface area (Å²) >= 11 is 0. The van der Waals surface area contributed by atoms with Crippen molar-refractivity contribution in [1.29, 1.82) is 0 Å². The number of rotatable bonds is 6. The van der Waals surface area contributed by atoms with Crippen LogP contribution in [-0.4, -0.2) is 38.5 Å². The smallest absolute Gasteiger partial charge is 0.310 e. The third kappa shape index (κ3) is 4.76. The summed E-state index contributed by atoms with van der Waals surface area (Å²) in [6.45, 7) is 14.3. The van der Waals surface area contributed by atoms with Gasteiger partial charge in [0.25, 0.3) is 0 Å². The molecule has 4 nitrogen and oxygen atoms in total. The summed E-state index contributed by atoms with van der Waals surface area (Å²) in [4.78, 5) is 0. The first kappa shape index (κ1) is 16.6. The molecule has 17 heavy (non-hydrogen) atoms. The first-order valence-electron chi connectivity index (χ1n) is 6.32. The van der Waals surface area contributed by atoms with Gasteiger partial charge in [0.05, 0.1) is 6.61 Å². The predicted molar refractivity (Wildman–Crippen MR) is 67.8 cm³/mol. The van der Waals surface area contributed by atoms with E-state index < -0.39 is 5.97 Å². The van der Waals surface area contributed by atoms with Crippen LogP contribution in [0.3, 0.4) is 0 Å². The molecule has 0 aromatic heterocycles. The zero-order valence-electron chi connectivity index (χ0n) is 11.4. The van der Waals surface area contributed by atoms with E-state index in [0.717, 1.165) is 12.8 Å². The van der Waals surface area contributed by atoms with Crippen LogP contribution in [0.1, 0.15) is 33.6 Å². The average molecular weight is 246 g/mol. The van der Waals surface area contributed by atoms with Crippen LogP contribution >= 0.6 is 0 Å². The molecule has 1 saturated heterocycles. The Kier molecular flexibility index (Phi) is 9.36. The summed E-state index contributed by atoms with van der Waals surface area (Å²) < 4.78 is 22.5. The second-order valence-electron chi connectivity index (χ2n) is 3.40. The van der Waals surface area contributed by atoms with Crippen molar-refractivity contribution in [2.75, 3.05) is 26.4 Å². The molecule has 0 N–H and O–H groups in total. The van der Waals surface area contributed by atoms with Crippen LogP contribution < -0.4 is 0 Å². The van der Waals surface area contributed by atoms with Gasteiger partial charge in [0, 0.05) is 19.8 Å². The van der Waals surface area contributed by atoms with Crippen LogP contribution in [0.4, 0.5) is 0 Å². The van der Waals surface area contributed by atoms with Crippen LogP contribution in [0.5, 0.6) is 0 Å². The molecule has 0 amide bonds. The maximum atomic E-state index is 5.64. The van der Waals surface area contributed by atoms with Gasteiger partial charge in [0.15, 0.2) is 0 Å². The number of hydrogen-bond acceptors (Lipinski definition) is 4. The molecule has 0 aliphatic carbocycles. The molecule has 1 heterocycles. The van der Waals surface area contributed by atoms with Gasteiger partial charge in [0.2, 0.25) is 0 Å². The van der Waals surface area contributed by atoms with Crippen molar-refractivity contribution in [1.82, 2.24) is 0 Å². The van der Waals surface area contributed by atoms with Gasteiger partial charge in [-0.05, 0) is 33.6 Å². The second-order valence-corrected chi connectivity index (χ2v) is 3.40. The van der Waals surface area contributed by atoms with Gasteiger partial charge in [-0.1, -0.05) is 0 Å². The van der Waals surface area contributed by atoms with E-state index in [0.29, 0.717) is 26.4 Å². The first-order valence-corrected chi connectivity index (χ1v) is 6.32. The maximum Gasteiger partial charge on any atom is 0.310 e. The van der Waals surface area contributed by atoms with Crippen molar-refractivity contribution < 1.29 is 18.9 Å². The van der Waals surface area contributed by atoms with E-state index in [1.165, 1.54) is 0 Å². The lowest BCUT2D eigenvalue weighted by molar-refractivity contribution is -0.426. The Morgan fingerprint density at radius 1 is 1.12 bits per heavy atom. The molecule has 0 bridgehead atoms. The van der Waals surface area contributed by atoms with Crippen molar-refractivity contribution in [3.8, 4) is 0 Å². The summed E-state index contributed by atoms with van der Waals surface area (Å²) in [7, 11) is 0. The van der Waals surface area contributed by atoms with Gasteiger partial charge in [-0.15, -0.1) is 13.2 Å². The lowest BCUT2D eigenvalue weighted by Crippen LogP contribution is -2.54. The van der Waals surface area contributed by atoms with Crippen LogP contribution in [0.25, 0.3) is 0 Å². The number of ether oxygens (including phenoxy) is 4. The van der Waals surface area contributed by atoms with Crippen molar-refractivity contribution >= 4 is 0 Å². The minimum Gasteiger partial charge on any atom is -0.370 e. The van der Waals surface area contributed by atoms with Crippen LogP contribution in [0.15, 0.2) is 13.2 Å². The fourth-order valence-electron chi connectivity index (χ4n) is 1.85. The topological polar surface area (TPSA) is 36.9 Å². The highest BCUT2D eigenvalue weighted by molar-refractivity contribution is 4.76. The van der Waals surface area contributed by atoms with Gasteiger partial charge in [-0.3, -0.25) is 0 Å². The summed E-state index contributed by atoms with van der Waals surface area (Å²) in [5, 5.41) is 0. The summed E-state index contributed by atoms with van der Waals surface area (Å²) in [6.07, 6.45) is 1.80. The van der Waals surface area contributed by atoms with Crippen LogP contribution in [0.2, 0.25) is 0 Å². The highest BCUT2D eigenvalue weighted by atomic mass is 16.9. The molecular weight excluding hydrogens is 220 g/mol. The molecule has 1 atom stereocenters.